The highest BCUT2D eigenvalue weighted by atomic mass is 32.2. The summed E-state index contributed by atoms with van der Waals surface area (Å²) in [4.78, 5) is 16.1. The molecule has 48 heavy (non-hydrogen) atoms. The van der Waals surface area contributed by atoms with Gasteiger partial charge in [0, 0.05) is 37.8 Å². The molecule has 0 aromatic carbocycles. The third-order valence-corrected chi connectivity index (χ3v) is 18.0. The van der Waals surface area contributed by atoms with Crippen LogP contribution in [0.2, 0.25) is 0 Å². The molecule has 2 aliphatic heterocycles. The molecule has 6 aliphatic rings. The first-order chi connectivity index (χ1) is 22.5. The van der Waals surface area contributed by atoms with E-state index in [9.17, 15) is 18.3 Å². The molecule has 0 radical (unpaired) electrons. The maximum atomic E-state index is 11.8. The summed E-state index contributed by atoms with van der Waals surface area (Å²) >= 11 is 0. The maximum Gasteiger partial charge on any atom is 0.328 e. The van der Waals surface area contributed by atoms with Crippen LogP contribution in [0.5, 0.6) is 0 Å². The van der Waals surface area contributed by atoms with E-state index in [1.165, 1.54) is 69.4 Å². The molecular weight excluding hydrogens is 619 g/mol. The third kappa shape index (κ3) is 6.08. The summed E-state index contributed by atoms with van der Waals surface area (Å²) in [6.45, 7) is 26.1. The van der Waals surface area contributed by atoms with Gasteiger partial charge in [0.1, 0.15) is 0 Å². The number of fused-ring (bicyclic) bond motifs is 7. The van der Waals surface area contributed by atoms with Gasteiger partial charge in [-0.2, -0.15) is 0 Å². The molecule has 272 valence electrons. The SMILES string of the molecule is C=C(C)[C@@H]1CC[C@]2(CNCCCN3CCS(=O)(=O)CC3)CC[C@]3(C)[C@H](CC[C@@H]4[C@@]5(C)CCN(CC=CC(=O)O)C(C)(C)[C@@H]5CC[C@]43C)[C@@H]12. The van der Waals surface area contributed by atoms with E-state index in [1.54, 1.807) is 0 Å². The van der Waals surface area contributed by atoms with E-state index in [4.69, 9.17) is 0 Å². The van der Waals surface area contributed by atoms with E-state index in [0.717, 1.165) is 51.0 Å². The summed E-state index contributed by atoms with van der Waals surface area (Å²) in [7, 11) is -2.82. The van der Waals surface area contributed by atoms with Crippen molar-refractivity contribution in [2.24, 2.45) is 51.2 Å². The van der Waals surface area contributed by atoms with Gasteiger partial charge in [-0.05, 0) is 156 Å². The number of sulfone groups is 1. The highest BCUT2D eigenvalue weighted by Gasteiger charge is 2.70. The van der Waals surface area contributed by atoms with Gasteiger partial charge in [-0.25, -0.2) is 13.2 Å². The summed E-state index contributed by atoms with van der Waals surface area (Å²) in [5.74, 6) is 3.18. The molecule has 0 amide bonds. The Morgan fingerprint density at radius 2 is 1.65 bits per heavy atom. The molecule has 7 nitrogen and oxygen atoms in total. The number of rotatable bonds is 10. The molecular formula is C40H67N3O4S. The van der Waals surface area contributed by atoms with Crippen molar-refractivity contribution in [3.63, 3.8) is 0 Å². The van der Waals surface area contributed by atoms with Crippen LogP contribution in [0.25, 0.3) is 0 Å². The topological polar surface area (TPSA) is 90.0 Å². The highest BCUT2D eigenvalue weighted by Crippen LogP contribution is 2.76. The number of carboxylic acids is 1. The van der Waals surface area contributed by atoms with Gasteiger partial charge in [-0.3, -0.25) is 4.90 Å². The number of likely N-dealkylation sites (tertiary alicyclic amines) is 1. The monoisotopic (exact) mass is 685 g/mol. The first-order valence-corrected chi connectivity index (χ1v) is 21.2. The highest BCUT2D eigenvalue weighted by molar-refractivity contribution is 7.91. The van der Waals surface area contributed by atoms with Crippen molar-refractivity contribution in [2.45, 2.75) is 111 Å². The molecule has 2 heterocycles. The van der Waals surface area contributed by atoms with Crippen LogP contribution in [0, 0.1) is 51.2 Å². The molecule has 9 atom stereocenters. The second-order valence-electron chi connectivity index (χ2n) is 18.7. The lowest BCUT2D eigenvalue weighted by molar-refractivity contribution is -0.241. The van der Waals surface area contributed by atoms with Crippen LogP contribution in [-0.4, -0.2) is 92.2 Å². The van der Waals surface area contributed by atoms with E-state index >= 15 is 0 Å². The van der Waals surface area contributed by atoms with Crippen molar-refractivity contribution in [2.75, 3.05) is 57.3 Å². The van der Waals surface area contributed by atoms with Gasteiger partial charge in [0.25, 0.3) is 0 Å². The quantitative estimate of drug-likeness (QED) is 0.151. The number of hydrogen-bond donors (Lipinski definition) is 2. The smallest absolute Gasteiger partial charge is 0.328 e. The lowest BCUT2D eigenvalue weighted by Crippen LogP contribution is -2.69. The fourth-order valence-electron chi connectivity index (χ4n) is 13.7. The molecule has 6 rings (SSSR count). The van der Waals surface area contributed by atoms with Crippen molar-refractivity contribution in [3.8, 4) is 0 Å². The van der Waals surface area contributed by atoms with Gasteiger partial charge in [0.15, 0.2) is 9.84 Å². The van der Waals surface area contributed by atoms with E-state index in [0.29, 0.717) is 64.0 Å². The predicted octanol–water partition coefficient (Wildman–Crippen LogP) is 6.66. The Kier molecular flexibility index (Phi) is 9.96. The Bertz CT molecular complexity index is 1360. The molecule has 8 heteroatoms. The zero-order valence-corrected chi connectivity index (χ0v) is 32.0. The molecule has 6 fully saturated rings. The van der Waals surface area contributed by atoms with Gasteiger partial charge in [0.2, 0.25) is 0 Å². The number of carbonyl (C=O) groups is 1. The average molecular weight is 686 g/mol. The van der Waals surface area contributed by atoms with Gasteiger partial charge >= 0.3 is 5.97 Å². The van der Waals surface area contributed by atoms with Crippen LogP contribution in [0.3, 0.4) is 0 Å². The summed E-state index contributed by atoms with van der Waals surface area (Å²) in [6, 6.07) is 0. The van der Waals surface area contributed by atoms with Crippen LogP contribution in [-0.2, 0) is 14.6 Å². The van der Waals surface area contributed by atoms with Crippen LogP contribution < -0.4 is 5.32 Å². The van der Waals surface area contributed by atoms with Crippen molar-refractivity contribution < 1.29 is 18.3 Å². The fourth-order valence-corrected chi connectivity index (χ4v) is 15.0. The zero-order chi connectivity index (χ0) is 34.8. The molecule has 0 unspecified atom stereocenters. The van der Waals surface area contributed by atoms with E-state index < -0.39 is 15.8 Å². The van der Waals surface area contributed by atoms with Crippen LogP contribution in [0.1, 0.15) is 106 Å². The first-order valence-electron chi connectivity index (χ1n) is 19.4. The number of nitrogens with zero attached hydrogens (tertiary/aromatic N) is 2. The summed E-state index contributed by atoms with van der Waals surface area (Å²) in [6.07, 6.45) is 16.0. The van der Waals surface area contributed by atoms with E-state index in [1.807, 2.05) is 6.08 Å². The Balaban J connectivity index is 1.17. The number of aliphatic carboxylic acids is 1. The van der Waals surface area contributed by atoms with Crippen LogP contribution >= 0.6 is 0 Å². The summed E-state index contributed by atoms with van der Waals surface area (Å²) in [5.41, 5.74) is 2.76. The van der Waals surface area contributed by atoms with Gasteiger partial charge in [0.05, 0.1) is 11.5 Å². The molecule has 0 aromatic rings. The number of piperidine rings is 1. The normalized spacial score (nSPS) is 44.0. The molecule has 0 bridgehead atoms. The second-order valence-corrected chi connectivity index (χ2v) is 21.0. The van der Waals surface area contributed by atoms with Crippen LogP contribution in [0.4, 0.5) is 0 Å². The minimum atomic E-state index is -2.82. The molecule has 2 N–H and O–H groups in total. The van der Waals surface area contributed by atoms with E-state index in [2.05, 4.69) is 63.2 Å². The minimum Gasteiger partial charge on any atom is -0.478 e. The Labute approximate surface area is 292 Å². The lowest BCUT2D eigenvalue weighted by atomic mass is 9.33. The molecule has 4 saturated carbocycles. The van der Waals surface area contributed by atoms with Crippen molar-refractivity contribution in [3.05, 3.63) is 24.3 Å². The molecule has 4 aliphatic carbocycles. The molecule has 0 aromatic heterocycles. The standard InChI is InChI=1S/C40H67N3O4S/c1-29(2)30-13-16-40(28-41-20-9-21-42-24-26-48(46,47)27-25-42)18-17-38(6)31(35(30)40)11-12-33-37(5)19-23-43(22-8-10-34(44)45)36(3,4)32(37)14-15-39(33,38)7/h8,10,30-33,35,41H,1,9,11-28H2,2-7H3,(H,44,45)/t30-,31+,32-,33+,35+,37-,38+,39+,40+/m0/s1. The molecule has 2 saturated heterocycles. The number of nitrogens with one attached hydrogen (secondary N) is 1. The van der Waals surface area contributed by atoms with Gasteiger partial charge < -0.3 is 15.3 Å². The second kappa shape index (κ2) is 13.1. The zero-order valence-electron chi connectivity index (χ0n) is 31.2. The fraction of sp³-hybridized carbons (Fsp3) is 0.875. The number of carboxylic acid groups (broad SMARTS) is 1. The molecule has 0 spiro atoms. The van der Waals surface area contributed by atoms with Crippen LogP contribution in [0.15, 0.2) is 24.3 Å². The average Bonchev–Trinajstić information content (AvgIpc) is 3.39. The van der Waals surface area contributed by atoms with Gasteiger partial charge in [-0.15, -0.1) is 0 Å². The summed E-state index contributed by atoms with van der Waals surface area (Å²) in [5, 5.41) is 13.2. The van der Waals surface area contributed by atoms with Crippen molar-refractivity contribution in [1.29, 1.82) is 0 Å². The lowest BCUT2D eigenvalue weighted by Gasteiger charge is -2.73. The van der Waals surface area contributed by atoms with Gasteiger partial charge in [-0.1, -0.05) is 39.0 Å². The third-order valence-electron chi connectivity index (χ3n) is 16.4. The Morgan fingerprint density at radius 3 is 2.33 bits per heavy atom. The number of allylic oxidation sites excluding steroid dienone is 1. The van der Waals surface area contributed by atoms with Crippen molar-refractivity contribution in [1.82, 2.24) is 15.1 Å². The first kappa shape index (κ1) is 36.6. The predicted molar refractivity (Wildman–Crippen MR) is 196 cm³/mol. The van der Waals surface area contributed by atoms with Crippen molar-refractivity contribution >= 4 is 15.8 Å². The Morgan fingerprint density at radius 1 is 0.917 bits per heavy atom. The largest absolute Gasteiger partial charge is 0.478 e. The minimum absolute atomic E-state index is 0.0461. The van der Waals surface area contributed by atoms with E-state index in [-0.39, 0.29) is 5.54 Å². The number of hydrogen-bond acceptors (Lipinski definition) is 6. The summed E-state index contributed by atoms with van der Waals surface area (Å²) < 4.78 is 23.7. The maximum absolute atomic E-state index is 11.8. The Hall–Kier alpha value is -1.22.